The van der Waals surface area contributed by atoms with Crippen molar-refractivity contribution in [1.82, 2.24) is 0 Å². The Balaban J connectivity index is 0.000000277. The van der Waals surface area contributed by atoms with E-state index in [2.05, 4.69) is 0 Å². The SMILES string of the molecule is Cc1cc(F)c([N+](=O)[O-])cc1CC(=O)O.Cc1cc(F)ccc1CC(=O)O. The van der Waals surface area contributed by atoms with Gasteiger partial charge >= 0.3 is 17.6 Å². The van der Waals surface area contributed by atoms with Crippen LogP contribution in [0.5, 0.6) is 0 Å². The lowest BCUT2D eigenvalue weighted by Gasteiger charge is -2.03. The number of carbonyl (C=O) groups is 2. The van der Waals surface area contributed by atoms with E-state index in [-0.39, 0.29) is 24.2 Å². The standard InChI is InChI=1S/C9H8FNO4.C9H9FO2/c1-5-2-7(10)8(11(14)15)3-6(5)4-9(12)13;1-6-4-8(10)3-2-7(6)5-9(11)12/h2-3H,4H2,1H3,(H,12,13);2-4H,5H2,1H3,(H,11,12). The number of halogens is 2. The Bertz CT molecular complexity index is 882. The molecule has 2 aromatic rings. The number of hydrogen-bond acceptors (Lipinski definition) is 4. The van der Waals surface area contributed by atoms with Gasteiger partial charge in [0.05, 0.1) is 17.8 Å². The molecule has 0 aliphatic carbocycles. The number of carboxylic acids is 2. The van der Waals surface area contributed by atoms with Crippen LogP contribution in [0.2, 0.25) is 0 Å². The molecule has 0 aromatic heterocycles. The molecule has 9 heteroatoms. The number of hydrogen-bond donors (Lipinski definition) is 2. The summed E-state index contributed by atoms with van der Waals surface area (Å²) in [7, 11) is 0. The molecule has 2 N–H and O–H groups in total. The minimum absolute atomic E-state index is 0.0495. The van der Waals surface area contributed by atoms with E-state index in [4.69, 9.17) is 10.2 Å². The first-order valence-corrected chi connectivity index (χ1v) is 7.63. The van der Waals surface area contributed by atoms with E-state index >= 15 is 0 Å². The molecule has 27 heavy (non-hydrogen) atoms. The van der Waals surface area contributed by atoms with E-state index in [0.717, 1.165) is 12.1 Å². The molecule has 0 atom stereocenters. The Labute approximate surface area is 153 Å². The van der Waals surface area contributed by atoms with Crippen molar-refractivity contribution >= 4 is 17.6 Å². The number of nitro benzene ring substituents is 1. The second-order valence-corrected chi connectivity index (χ2v) is 5.70. The summed E-state index contributed by atoms with van der Waals surface area (Å²) < 4.78 is 25.6. The molecule has 7 nitrogen and oxygen atoms in total. The van der Waals surface area contributed by atoms with E-state index in [0.29, 0.717) is 16.7 Å². The van der Waals surface area contributed by atoms with E-state index < -0.39 is 28.4 Å². The first-order valence-electron chi connectivity index (χ1n) is 7.63. The van der Waals surface area contributed by atoms with Crippen molar-refractivity contribution in [2.45, 2.75) is 26.7 Å². The van der Waals surface area contributed by atoms with Gasteiger partial charge in [0.2, 0.25) is 5.82 Å². The predicted octanol–water partition coefficient (Wildman–Crippen LogP) is 3.43. The molecule has 0 heterocycles. The summed E-state index contributed by atoms with van der Waals surface area (Å²) in [6.45, 7) is 3.20. The number of rotatable bonds is 5. The number of aryl methyl sites for hydroxylation is 2. The maximum Gasteiger partial charge on any atom is 0.307 e. The summed E-state index contributed by atoms with van der Waals surface area (Å²) in [5, 5.41) is 27.4. The molecule has 144 valence electrons. The number of carboxylic acid groups (broad SMARTS) is 2. The first-order chi connectivity index (χ1) is 12.5. The Morgan fingerprint density at radius 2 is 1.48 bits per heavy atom. The highest BCUT2D eigenvalue weighted by Gasteiger charge is 2.17. The van der Waals surface area contributed by atoms with Gasteiger partial charge in [-0.3, -0.25) is 19.7 Å². The van der Waals surface area contributed by atoms with Crippen LogP contribution in [-0.4, -0.2) is 27.1 Å². The van der Waals surface area contributed by atoms with Gasteiger partial charge in [-0.2, -0.15) is 4.39 Å². The monoisotopic (exact) mass is 381 g/mol. The molecule has 0 spiro atoms. The topological polar surface area (TPSA) is 118 Å². The predicted molar refractivity (Wildman–Crippen MR) is 91.6 cm³/mol. The third-order valence-electron chi connectivity index (χ3n) is 3.59. The Hall–Kier alpha value is -3.36. The molecule has 0 saturated carbocycles. The maximum absolute atomic E-state index is 13.0. The number of benzene rings is 2. The van der Waals surface area contributed by atoms with Crippen LogP contribution < -0.4 is 0 Å². The van der Waals surface area contributed by atoms with Crippen LogP contribution in [0.4, 0.5) is 14.5 Å². The molecule has 0 aliphatic rings. The van der Waals surface area contributed by atoms with Crippen LogP contribution in [0.25, 0.3) is 0 Å². The molecule has 0 amide bonds. The molecular weight excluding hydrogens is 364 g/mol. The van der Waals surface area contributed by atoms with Crippen LogP contribution in [0.3, 0.4) is 0 Å². The zero-order valence-corrected chi connectivity index (χ0v) is 14.5. The van der Waals surface area contributed by atoms with Gasteiger partial charge < -0.3 is 10.2 Å². The largest absolute Gasteiger partial charge is 0.481 e. The molecular formula is C18H17F2NO6. The lowest BCUT2D eigenvalue weighted by atomic mass is 10.0. The first kappa shape index (κ1) is 21.7. The summed E-state index contributed by atoms with van der Waals surface area (Å²) >= 11 is 0. The van der Waals surface area contributed by atoms with Crippen molar-refractivity contribution in [2.75, 3.05) is 0 Å². The van der Waals surface area contributed by atoms with Crippen LogP contribution in [0.15, 0.2) is 30.3 Å². The van der Waals surface area contributed by atoms with Crippen LogP contribution in [0.1, 0.15) is 22.3 Å². The molecule has 0 fully saturated rings. The van der Waals surface area contributed by atoms with Gasteiger partial charge in [-0.25, -0.2) is 4.39 Å². The van der Waals surface area contributed by atoms with E-state index in [1.807, 2.05) is 0 Å². The van der Waals surface area contributed by atoms with Gasteiger partial charge in [0, 0.05) is 6.07 Å². The van der Waals surface area contributed by atoms with Crippen molar-refractivity contribution in [3.05, 3.63) is 74.3 Å². The van der Waals surface area contributed by atoms with Crippen molar-refractivity contribution in [3.63, 3.8) is 0 Å². The maximum atomic E-state index is 13.0. The lowest BCUT2D eigenvalue weighted by Crippen LogP contribution is -2.04. The second kappa shape index (κ2) is 9.37. The van der Waals surface area contributed by atoms with Crippen molar-refractivity contribution < 1.29 is 33.5 Å². The highest BCUT2D eigenvalue weighted by atomic mass is 19.1. The van der Waals surface area contributed by atoms with Gasteiger partial charge in [0.25, 0.3) is 0 Å². The van der Waals surface area contributed by atoms with E-state index in [1.165, 1.54) is 25.1 Å². The van der Waals surface area contributed by atoms with Crippen LogP contribution in [0, 0.1) is 35.6 Å². The summed E-state index contributed by atoms with van der Waals surface area (Å²) in [5.74, 6) is -3.29. The Kier molecular flexibility index (Phi) is 7.52. The normalized spacial score (nSPS) is 9.93. The van der Waals surface area contributed by atoms with Crippen LogP contribution in [-0.2, 0) is 22.4 Å². The average Bonchev–Trinajstić information content (AvgIpc) is 2.52. The molecule has 0 saturated heterocycles. The van der Waals surface area contributed by atoms with Crippen LogP contribution >= 0.6 is 0 Å². The minimum atomic E-state index is -1.11. The Morgan fingerprint density at radius 3 is 1.96 bits per heavy atom. The lowest BCUT2D eigenvalue weighted by molar-refractivity contribution is -0.387. The van der Waals surface area contributed by atoms with E-state index in [1.54, 1.807) is 6.92 Å². The fourth-order valence-electron chi connectivity index (χ4n) is 2.22. The van der Waals surface area contributed by atoms with Crippen molar-refractivity contribution in [3.8, 4) is 0 Å². The molecule has 0 aliphatic heterocycles. The third kappa shape index (κ3) is 6.81. The molecule has 0 bridgehead atoms. The quantitative estimate of drug-likeness (QED) is 0.605. The van der Waals surface area contributed by atoms with Gasteiger partial charge in [0.15, 0.2) is 0 Å². The summed E-state index contributed by atoms with van der Waals surface area (Å²) in [4.78, 5) is 30.2. The van der Waals surface area contributed by atoms with Gasteiger partial charge in [-0.1, -0.05) is 6.07 Å². The smallest absolute Gasteiger partial charge is 0.307 e. The molecule has 2 aromatic carbocycles. The average molecular weight is 381 g/mol. The molecule has 0 radical (unpaired) electrons. The molecule has 2 rings (SSSR count). The highest BCUT2D eigenvalue weighted by Crippen LogP contribution is 2.22. The number of aliphatic carboxylic acids is 2. The summed E-state index contributed by atoms with van der Waals surface area (Å²) in [5.41, 5.74) is 1.27. The zero-order valence-electron chi connectivity index (χ0n) is 14.5. The molecule has 0 unspecified atom stereocenters. The van der Waals surface area contributed by atoms with Crippen molar-refractivity contribution in [1.29, 1.82) is 0 Å². The van der Waals surface area contributed by atoms with Gasteiger partial charge in [-0.15, -0.1) is 0 Å². The summed E-state index contributed by atoms with van der Waals surface area (Å²) in [6, 6.07) is 6.03. The number of nitrogens with zero attached hydrogens (tertiary/aromatic N) is 1. The number of nitro groups is 1. The van der Waals surface area contributed by atoms with Gasteiger partial charge in [-0.05, 0) is 54.3 Å². The summed E-state index contributed by atoms with van der Waals surface area (Å²) in [6.07, 6.45) is -0.404. The third-order valence-corrected chi connectivity index (χ3v) is 3.59. The minimum Gasteiger partial charge on any atom is -0.481 e. The fourth-order valence-corrected chi connectivity index (χ4v) is 2.22. The highest BCUT2D eigenvalue weighted by molar-refractivity contribution is 5.71. The zero-order chi connectivity index (χ0) is 20.7. The fraction of sp³-hybridized carbons (Fsp3) is 0.222. The van der Waals surface area contributed by atoms with Crippen molar-refractivity contribution in [2.24, 2.45) is 0 Å². The second-order valence-electron chi connectivity index (χ2n) is 5.70. The van der Waals surface area contributed by atoms with E-state index in [9.17, 15) is 28.5 Å². The Morgan fingerprint density at radius 1 is 0.963 bits per heavy atom. The van der Waals surface area contributed by atoms with Gasteiger partial charge in [0.1, 0.15) is 5.82 Å².